The fourth-order valence-corrected chi connectivity index (χ4v) is 3.94. The number of rotatable bonds is 5. The summed E-state index contributed by atoms with van der Waals surface area (Å²) in [7, 11) is 0. The molecule has 1 saturated carbocycles. The first kappa shape index (κ1) is 15.6. The van der Waals surface area contributed by atoms with Gasteiger partial charge >= 0.3 is 0 Å². The van der Waals surface area contributed by atoms with Crippen molar-refractivity contribution in [2.45, 2.75) is 31.6 Å². The molecule has 126 valence electrons. The molecule has 1 aliphatic heterocycles. The van der Waals surface area contributed by atoms with Gasteiger partial charge in [0.05, 0.1) is 11.6 Å². The number of nitrogens with zero attached hydrogens (tertiary/aromatic N) is 2. The maximum absolute atomic E-state index is 12.8. The smallest absolute Gasteiger partial charge is 0.253 e. The van der Waals surface area contributed by atoms with Gasteiger partial charge in [-0.3, -0.25) is 4.79 Å². The molecule has 1 atom stereocenters. The number of amides is 1. The molecule has 1 aromatic heterocycles. The molecule has 4 nitrogen and oxygen atoms in total. The SMILES string of the molecule is O=C(c1ccc(OCC2CC2)cc1)N1CCC[C@H](c2nccs2)C1. The van der Waals surface area contributed by atoms with E-state index in [2.05, 4.69) is 4.98 Å². The summed E-state index contributed by atoms with van der Waals surface area (Å²) in [6.45, 7) is 2.40. The Kier molecular flexibility index (Phi) is 4.52. The van der Waals surface area contributed by atoms with Crippen LogP contribution in [0.5, 0.6) is 5.75 Å². The van der Waals surface area contributed by atoms with Crippen molar-refractivity contribution < 1.29 is 9.53 Å². The average molecular weight is 342 g/mol. The number of ether oxygens (including phenoxy) is 1. The summed E-state index contributed by atoms with van der Waals surface area (Å²) in [5, 5.41) is 3.16. The fraction of sp³-hybridized carbons (Fsp3) is 0.474. The third-order valence-corrected chi connectivity index (χ3v) is 5.73. The molecule has 4 rings (SSSR count). The lowest BCUT2D eigenvalue weighted by Crippen LogP contribution is -2.39. The van der Waals surface area contributed by atoms with Crippen molar-refractivity contribution >= 4 is 17.2 Å². The molecule has 0 N–H and O–H groups in total. The summed E-state index contributed by atoms with van der Waals surface area (Å²) in [5.74, 6) is 2.09. The molecule has 2 heterocycles. The third-order valence-electron chi connectivity index (χ3n) is 4.79. The van der Waals surface area contributed by atoms with E-state index in [1.807, 2.05) is 40.7 Å². The summed E-state index contributed by atoms with van der Waals surface area (Å²) >= 11 is 1.69. The Morgan fingerprint density at radius 1 is 1.25 bits per heavy atom. The predicted octanol–water partition coefficient (Wildman–Crippen LogP) is 3.95. The monoisotopic (exact) mass is 342 g/mol. The molecule has 0 unspecified atom stereocenters. The van der Waals surface area contributed by atoms with E-state index in [-0.39, 0.29) is 5.91 Å². The zero-order valence-corrected chi connectivity index (χ0v) is 14.5. The quantitative estimate of drug-likeness (QED) is 0.826. The van der Waals surface area contributed by atoms with Crippen LogP contribution >= 0.6 is 11.3 Å². The van der Waals surface area contributed by atoms with Crippen molar-refractivity contribution in [1.29, 1.82) is 0 Å². The highest BCUT2D eigenvalue weighted by molar-refractivity contribution is 7.09. The number of carbonyl (C=O) groups excluding carboxylic acids is 1. The van der Waals surface area contributed by atoms with Gasteiger partial charge in [-0.05, 0) is 55.9 Å². The molecule has 1 amide bonds. The van der Waals surface area contributed by atoms with Gasteiger partial charge in [0.2, 0.25) is 0 Å². The third kappa shape index (κ3) is 3.61. The molecule has 1 aliphatic carbocycles. The minimum absolute atomic E-state index is 0.116. The van der Waals surface area contributed by atoms with Crippen molar-refractivity contribution in [2.75, 3.05) is 19.7 Å². The first-order chi connectivity index (χ1) is 11.8. The van der Waals surface area contributed by atoms with Gasteiger partial charge in [-0.25, -0.2) is 4.98 Å². The van der Waals surface area contributed by atoms with E-state index in [1.165, 1.54) is 12.8 Å². The van der Waals surface area contributed by atoms with Crippen molar-refractivity contribution in [2.24, 2.45) is 5.92 Å². The Hall–Kier alpha value is -1.88. The normalized spacial score (nSPS) is 20.8. The molecule has 1 saturated heterocycles. The molecule has 2 fully saturated rings. The highest BCUT2D eigenvalue weighted by atomic mass is 32.1. The van der Waals surface area contributed by atoms with Gasteiger partial charge in [-0.2, -0.15) is 0 Å². The van der Waals surface area contributed by atoms with Gasteiger partial charge < -0.3 is 9.64 Å². The second-order valence-electron chi connectivity index (χ2n) is 6.74. The van der Waals surface area contributed by atoms with E-state index >= 15 is 0 Å². The van der Waals surface area contributed by atoms with Crippen LogP contribution in [-0.4, -0.2) is 35.5 Å². The number of hydrogen-bond donors (Lipinski definition) is 0. The van der Waals surface area contributed by atoms with Gasteiger partial charge in [0.1, 0.15) is 5.75 Å². The van der Waals surface area contributed by atoms with Crippen molar-refractivity contribution in [3.05, 3.63) is 46.4 Å². The van der Waals surface area contributed by atoms with Gasteiger partial charge in [-0.15, -0.1) is 11.3 Å². The molecule has 0 bridgehead atoms. The van der Waals surface area contributed by atoms with Crippen LogP contribution in [0.4, 0.5) is 0 Å². The average Bonchev–Trinajstić information content (AvgIpc) is 3.30. The van der Waals surface area contributed by atoms with Gasteiger partial charge in [0, 0.05) is 36.1 Å². The number of hydrogen-bond acceptors (Lipinski definition) is 4. The van der Waals surface area contributed by atoms with Crippen molar-refractivity contribution in [3.63, 3.8) is 0 Å². The van der Waals surface area contributed by atoms with Crippen LogP contribution in [0, 0.1) is 5.92 Å². The van der Waals surface area contributed by atoms with Crippen LogP contribution in [0.15, 0.2) is 35.8 Å². The number of likely N-dealkylation sites (tertiary alicyclic amines) is 1. The van der Waals surface area contributed by atoms with E-state index in [4.69, 9.17) is 4.74 Å². The molecule has 1 aromatic carbocycles. The molecular weight excluding hydrogens is 320 g/mol. The number of benzene rings is 1. The molecule has 5 heteroatoms. The Labute approximate surface area is 146 Å². The second-order valence-corrected chi connectivity index (χ2v) is 7.67. The molecule has 2 aromatic rings. The molecule has 2 aliphatic rings. The van der Waals surface area contributed by atoms with E-state index < -0.39 is 0 Å². The lowest BCUT2D eigenvalue weighted by molar-refractivity contribution is 0.0707. The van der Waals surface area contributed by atoms with E-state index in [0.717, 1.165) is 54.8 Å². The zero-order chi connectivity index (χ0) is 16.4. The molecule has 0 radical (unpaired) electrons. The Bertz CT molecular complexity index is 680. The zero-order valence-electron chi connectivity index (χ0n) is 13.7. The van der Waals surface area contributed by atoms with Crippen LogP contribution < -0.4 is 4.74 Å². The van der Waals surface area contributed by atoms with Crippen LogP contribution in [0.1, 0.15) is 47.0 Å². The predicted molar refractivity (Wildman–Crippen MR) is 94.7 cm³/mol. The lowest BCUT2D eigenvalue weighted by atomic mass is 9.98. The van der Waals surface area contributed by atoms with Crippen LogP contribution in [0.3, 0.4) is 0 Å². The molecule has 24 heavy (non-hydrogen) atoms. The highest BCUT2D eigenvalue weighted by Crippen LogP contribution is 2.30. The summed E-state index contributed by atoms with van der Waals surface area (Å²) < 4.78 is 5.74. The minimum Gasteiger partial charge on any atom is -0.493 e. The Morgan fingerprint density at radius 3 is 2.79 bits per heavy atom. The Balaban J connectivity index is 1.38. The topological polar surface area (TPSA) is 42.4 Å². The summed E-state index contributed by atoms with van der Waals surface area (Å²) in [6, 6.07) is 7.60. The van der Waals surface area contributed by atoms with E-state index in [0.29, 0.717) is 5.92 Å². The Morgan fingerprint density at radius 2 is 2.08 bits per heavy atom. The minimum atomic E-state index is 0.116. The maximum Gasteiger partial charge on any atom is 0.253 e. The van der Waals surface area contributed by atoms with Crippen LogP contribution in [0.25, 0.3) is 0 Å². The van der Waals surface area contributed by atoms with E-state index in [1.54, 1.807) is 11.3 Å². The van der Waals surface area contributed by atoms with Gasteiger partial charge in [0.15, 0.2) is 0 Å². The lowest BCUT2D eigenvalue weighted by Gasteiger charge is -2.32. The van der Waals surface area contributed by atoms with Gasteiger partial charge in [0.25, 0.3) is 5.91 Å². The van der Waals surface area contributed by atoms with Crippen LogP contribution in [0.2, 0.25) is 0 Å². The standard InChI is InChI=1S/C19H22N2O2S/c22-19(15-5-7-17(8-6-15)23-13-14-3-4-14)21-10-1-2-16(12-21)18-20-9-11-24-18/h5-9,11,14,16H,1-4,10,12-13H2/t16-/m0/s1. The van der Waals surface area contributed by atoms with Crippen molar-refractivity contribution in [3.8, 4) is 5.75 Å². The maximum atomic E-state index is 12.8. The number of thiazole rings is 1. The highest BCUT2D eigenvalue weighted by Gasteiger charge is 2.27. The summed E-state index contributed by atoms with van der Waals surface area (Å²) in [6.07, 6.45) is 6.57. The largest absolute Gasteiger partial charge is 0.493 e. The second kappa shape index (κ2) is 6.93. The summed E-state index contributed by atoms with van der Waals surface area (Å²) in [4.78, 5) is 19.2. The number of piperidine rings is 1. The molecule has 0 spiro atoms. The van der Waals surface area contributed by atoms with Gasteiger partial charge in [-0.1, -0.05) is 0 Å². The molecular formula is C19H22N2O2S. The first-order valence-corrected chi connectivity index (χ1v) is 9.59. The number of carbonyl (C=O) groups is 1. The van der Waals surface area contributed by atoms with Crippen LogP contribution in [-0.2, 0) is 0 Å². The van der Waals surface area contributed by atoms with E-state index in [9.17, 15) is 4.79 Å². The first-order valence-electron chi connectivity index (χ1n) is 8.71. The fourth-order valence-electron chi connectivity index (χ4n) is 3.17. The number of aromatic nitrogens is 1. The van der Waals surface area contributed by atoms with Crippen molar-refractivity contribution in [1.82, 2.24) is 9.88 Å². The summed E-state index contributed by atoms with van der Waals surface area (Å²) in [5.41, 5.74) is 0.744.